The Morgan fingerprint density at radius 2 is 2.20 bits per heavy atom. The van der Waals surface area contributed by atoms with Crippen LogP contribution >= 0.6 is 0 Å². The van der Waals surface area contributed by atoms with Crippen LogP contribution in [-0.2, 0) is 4.79 Å². The number of hydrogen-bond acceptors (Lipinski definition) is 2. The molecule has 1 aliphatic heterocycles. The second-order valence-electron chi connectivity index (χ2n) is 3.97. The number of nitrogens with one attached hydrogen (secondary N) is 2. The monoisotopic (exact) mass is 202 g/mol. The van der Waals surface area contributed by atoms with Crippen molar-refractivity contribution in [2.45, 2.75) is 12.5 Å². The number of urea groups is 1. The summed E-state index contributed by atoms with van der Waals surface area (Å²) in [5.41, 5.74) is 1.88. The lowest BCUT2D eigenvalue weighted by molar-refractivity contribution is -0.117. The highest BCUT2D eigenvalue weighted by Crippen LogP contribution is 2.32. The molecule has 1 saturated heterocycles. The molecular formula is C11H10N2O2. The number of rotatable bonds is 0. The van der Waals surface area contributed by atoms with Gasteiger partial charge in [0, 0.05) is 11.6 Å². The van der Waals surface area contributed by atoms with Crippen molar-refractivity contribution < 1.29 is 9.59 Å². The van der Waals surface area contributed by atoms with E-state index in [1.165, 1.54) is 0 Å². The fourth-order valence-corrected chi connectivity index (χ4v) is 2.28. The normalized spacial score (nSPS) is 32.3. The Morgan fingerprint density at radius 1 is 1.33 bits per heavy atom. The fourth-order valence-electron chi connectivity index (χ4n) is 2.28. The fraction of sp³-hybridized carbons (Fsp3) is 0.273. The van der Waals surface area contributed by atoms with Crippen LogP contribution in [0.5, 0.6) is 0 Å². The molecule has 2 atom stereocenters. The number of amides is 2. The molecule has 0 radical (unpaired) electrons. The van der Waals surface area contributed by atoms with Crippen molar-refractivity contribution in [1.82, 2.24) is 10.6 Å². The van der Waals surface area contributed by atoms with Gasteiger partial charge in [-0.05, 0) is 24.1 Å². The summed E-state index contributed by atoms with van der Waals surface area (Å²) in [5, 5.41) is 5.53. The van der Waals surface area contributed by atoms with Gasteiger partial charge in [-0.2, -0.15) is 0 Å². The molecule has 4 nitrogen and oxygen atoms in total. The summed E-state index contributed by atoms with van der Waals surface area (Å²) in [4.78, 5) is 22.7. The summed E-state index contributed by atoms with van der Waals surface area (Å²) in [6.45, 7) is 0. The molecule has 76 valence electrons. The summed E-state index contributed by atoms with van der Waals surface area (Å²) in [6.07, 6.45) is 7.85. The molecule has 0 aromatic rings. The lowest BCUT2D eigenvalue weighted by Gasteiger charge is -2.26. The molecule has 2 unspecified atom stereocenters. The molecule has 0 spiro atoms. The summed E-state index contributed by atoms with van der Waals surface area (Å²) < 4.78 is 0. The minimum Gasteiger partial charge on any atom is -0.330 e. The largest absolute Gasteiger partial charge is 0.330 e. The van der Waals surface area contributed by atoms with Crippen molar-refractivity contribution in [2.24, 2.45) is 5.92 Å². The molecule has 2 N–H and O–H groups in total. The Morgan fingerprint density at radius 3 is 3.07 bits per heavy atom. The van der Waals surface area contributed by atoms with E-state index in [0.29, 0.717) is 6.42 Å². The van der Waals surface area contributed by atoms with Crippen LogP contribution < -0.4 is 10.6 Å². The van der Waals surface area contributed by atoms with E-state index >= 15 is 0 Å². The third-order valence-corrected chi connectivity index (χ3v) is 3.03. The average molecular weight is 202 g/mol. The second kappa shape index (κ2) is 2.82. The molecule has 0 aromatic heterocycles. The Hall–Kier alpha value is -1.84. The summed E-state index contributed by atoms with van der Waals surface area (Å²) >= 11 is 0. The van der Waals surface area contributed by atoms with Crippen molar-refractivity contribution >= 4 is 11.8 Å². The first kappa shape index (κ1) is 8.47. The van der Waals surface area contributed by atoms with Crippen molar-refractivity contribution in [2.75, 3.05) is 0 Å². The van der Waals surface area contributed by atoms with Crippen LogP contribution in [0.2, 0.25) is 0 Å². The van der Waals surface area contributed by atoms with Gasteiger partial charge in [0.15, 0.2) is 5.78 Å². The number of allylic oxidation sites excluding steroid dienone is 5. The number of fused-ring (bicyclic) bond motifs is 2. The Labute approximate surface area is 86.7 Å². The van der Waals surface area contributed by atoms with Gasteiger partial charge in [0.25, 0.3) is 0 Å². The first-order valence-electron chi connectivity index (χ1n) is 4.95. The van der Waals surface area contributed by atoms with E-state index in [2.05, 4.69) is 10.6 Å². The minimum atomic E-state index is -0.175. The van der Waals surface area contributed by atoms with Crippen molar-refractivity contribution in [3.8, 4) is 0 Å². The van der Waals surface area contributed by atoms with Crippen LogP contribution in [0.1, 0.15) is 6.42 Å². The van der Waals surface area contributed by atoms with Gasteiger partial charge in [-0.1, -0.05) is 12.2 Å². The molecule has 3 rings (SSSR count). The van der Waals surface area contributed by atoms with Crippen molar-refractivity contribution in [3.63, 3.8) is 0 Å². The topological polar surface area (TPSA) is 58.2 Å². The second-order valence-corrected chi connectivity index (χ2v) is 3.97. The zero-order chi connectivity index (χ0) is 10.4. The smallest absolute Gasteiger partial charge is 0.319 e. The molecule has 3 aliphatic rings. The third-order valence-electron chi connectivity index (χ3n) is 3.03. The van der Waals surface area contributed by atoms with Crippen molar-refractivity contribution in [3.05, 3.63) is 35.6 Å². The maximum absolute atomic E-state index is 11.6. The molecule has 1 heterocycles. The van der Waals surface area contributed by atoms with E-state index in [1.54, 1.807) is 12.2 Å². The van der Waals surface area contributed by atoms with Gasteiger partial charge >= 0.3 is 6.03 Å². The highest BCUT2D eigenvalue weighted by molar-refractivity contribution is 5.96. The lowest BCUT2D eigenvalue weighted by atomic mass is 9.80. The number of carbonyl (C=O) groups excluding carboxylic acids is 2. The Balaban J connectivity index is 2.00. The number of ketones is 1. The SMILES string of the molecule is O=C1NC2=CC3=CC=CC(=O)C3CC2N1. The quantitative estimate of drug-likeness (QED) is 0.605. The van der Waals surface area contributed by atoms with Gasteiger partial charge in [-0.3, -0.25) is 4.79 Å². The van der Waals surface area contributed by atoms with Gasteiger partial charge in [-0.25, -0.2) is 4.79 Å². The predicted molar refractivity (Wildman–Crippen MR) is 53.9 cm³/mol. The molecule has 4 heteroatoms. The average Bonchev–Trinajstić information content (AvgIpc) is 2.55. The zero-order valence-electron chi connectivity index (χ0n) is 7.99. The van der Waals surface area contributed by atoms with Gasteiger partial charge in [0.1, 0.15) is 0 Å². The third kappa shape index (κ3) is 1.21. The highest BCUT2D eigenvalue weighted by atomic mass is 16.2. The van der Waals surface area contributed by atoms with E-state index in [-0.39, 0.29) is 23.8 Å². The maximum Gasteiger partial charge on any atom is 0.319 e. The van der Waals surface area contributed by atoms with Gasteiger partial charge < -0.3 is 10.6 Å². The van der Waals surface area contributed by atoms with Crippen LogP contribution in [0.4, 0.5) is 4.79 Å². The molecule has 2 aliphatic carbocycles. The van der Waals surface area contributed by atoms with E-state index in [0.717, 1.165) is 11.3 Å². The van der Waals surface area contributed by atoms with Gasteiger partial charge in [0.2, 0.25) is 0 Å². The van der Waals surface area contributed by atoms with Gasteiger partial charge in [-0.15, -0.1) is 0 Å². The first-order valence-corrected chi connectivity index (χ1v) is 4.95. The van der Waals surface area contributed by atoms with Crippen LogP contribution in [0, 0.1) is 5.92 Å². The standard InChI is InChI=1S/C11H10N2O2/c14-10-3-1-2-6-4-8-9(5-7(6)10)13-11(15)12-8/h1-4,7,9H,5H2,(H2,12,13,15). The Kier molecular flexibility index (Phi) is 1.59. The van der Waals surface area contributed by atoms with E-state index in [9.17, 15) is 9.59 Å². The van der Waals surface area contributed by atoms with Crippen LogP contribution in [0.15, 0.2) is 35.6 Å². The predicted octanol–water partition coefficient (Wildman–Crippen LogP) is 0.637. The van der Waals surface area contributed by atoms with Crippen molar-refractivity contribution in [1.29, 1.82) is 0 Å². The zero-order valence-corrected chi connectivity index (χ0v) is 7.99. The molecule has 1 fully saturated rings. The van der Waals surface area contributed by atoms with Crippen LogP contribution in [0.3, 0.4) is 0 Å². The molecule has 2 amide bonds. The molecule has 0 bridgehead atoms. The highest BCUT2D eigenvalue weighted by Gasteiger charge is 2.36. The summed E-state index contributed by atoms with van der Waals surface area (Å²) in [5.74, 6) is 0.0490. The summed E-state index contributed by atoms with van der Waals surface area (Å²) in [7, 11) is 0. The maximum atomic E-state index is 11.6. The molecular weight excluding hydrogens is 192 g/mol. The van der Waals surface area contributed by atoms with Crippen LogP contribution in [-0.4, -0.2) is 17.9 Å². The van der Waals surface area contributed by atoms with Crippen LogP contribution in [0.25, 0.3) is 0 Å². The molecule has 0 saturated carbocycles. The van der Waals surface area contributed by atoms with E-state index in [1.807, 2.05) is 12.2 Å². The van der Waals surface area contributed by atoms with E-state index in [4.69, 9.17) is 0 Å². The first-order chi connectivity index (χ1) is 7.24. The summed E-state index contributed by atoms with van der Waals surface area (Å²) in [6, 6.07) is -0.194. The number of carbonyl (C=O) groups is 2. The number of hydrogen-bond donors (Lipinski definition) is 2. The lowest BCUT2D eigenvalue weighted by Crippen LogP contribution is -2.33. The van der Waals surface area contributed by atoms with E-state index < -0.39 is 0 Å². The molecule has 0 aromatic carbocycles. The molecule has 15 heavy (non-hydrogen) atoms. The Bertz CT molecular complexity index is 446. The minimum absolute atomic E-state index is 0.0184. The van der Waals surface area contributed by atoms with Gasteiger partial charge in [0.05, 0.1) is 6.04 Å².